The number of nitrogens with zero attached hydrogens (tertiary/aromatic N) is 2. The second kappa shape index (κ2) is 4.85. The summed E-state index contributed by atoms with van der Waals surface area (Å²) in [6, 6.07) is 5.58. The van der Waals surface area contributed by atoms with Crippen molar-refractivity contribution < 1.29 is 4.79 Å². The van der Waals surface area contributed by atoms with Crippen molar-refractivity contribution in [1.82, 2.24) is 10.2 Å². The van der Waals surface area contributed by atoms with Crippen LogP contribution in [0.1, 0.15) is 14.5 Å². The highest BCUT2D eigenvalue weighted by atomic mass is 32.1. The molecule has 0 aromatic carbocycles. The Hall–Kier alpha value is -1.75. The number of aryl methyl sites for hydroxylation is 1. The van der Waals surface area contributed by atoms with Gasteiger partial charge in [0.15, 0.2) is 5.78 Å². The fourth-order valence-corrected chi connectivity index (χ4v) is 2.05. The van der Waals surface area contributed by atoms with E-state index in [1.807, 2.05) is 19.1 Å². The van der Waals surface area contributed by atoms with Crippen LogP contribution in [0.4, 0.5) is 5.69 Å². The SMILES string of the molecule is Cc1ccc(C(=O)CNc2ccnnc2)s1. The van der Waals surface area contributed by atoms with Gasteiger partial charge in [0.25, 0.3) is 0 Å². The Morgan fingerprint density at radius 1 is 1.38 bits per heavy atom. The second-order valence-corrected chi connectivity index (χ2v) is 4.61. The molecule has 0 spiro atoms. The number of anilines is 1. The molecule has 0 aliphatic rings. The van der Waals surface area contributed by atoms with Crippen molar-refractivity contribution >= 4 is 22.8 Å². The Labute approximate surface area is 97.3 Å². The fourth-order valence-electron chi connectivity index (χ4n) is 1.25. The van der Waals surface area contributed by atoms with Gasteiger partial charge < -0.3 is 5.32 Å². The number of hydrogen-bond acceptors (Lipinski definition) is 5. The maximum Gasteiger partial charge on any atom is 0.191 e. The summed E-state index contributed by atoms with van der Waals surface area (Å²) >= 11 is 1.51. The molecule has 1 N–H and O–H groups in total. The molecule has 2 heterocycles. The predicted molar refractivity (Wildman–Crippen MR) is 63.9 cm³/mol. The highest BCUT2D eigenvalue weighted by Crippen LogP contribution is 2.15. The summed E-state index contributed by atoms with van der Waals surface area (Å²) < 4.78 is 0. The number of aromatic nitrogens is 2. The molecule has 0 aliphatic carbocycles. The zero-order chi connectivity index (χ0) is 11.4. The molecule has 4 nitrogen and oxygen atoms in total. The highest BCUT2D eigenvalue weighted by molar-refractivity contribution is 7.14. The third-order valence-corrected chi connectivity index (χ3v) is 3.09. The average Bonchev–Trinajstić information content (AvgIpc) is 2.74. The summed E-state index contributed by atoms with van der Waals surface area (Å²) in [5.74, 6) is 0.0925. The number of ketones is 1. The minimum atomic E-state index is 0.0925. The molecule has 82 valence electrons. The van der Waals surface area contributed by atoms with Crippen LogP contribution in [0.25, 0.3) is 0 Å². The van der Waals surface area contributed by atoms with Crippen molar-refractivity contribution in [3.05, 3.63) is 40.3 Å². The molecule has 0 bridgehead atoms. The zero-order valence-electron chi connectivity index (χ0n) is 8.80. The molecule has 2 aromatic heterocycles. The zero-order valence-corrected chi connectivity index (χ0v) is 9.62. The molecule has 16 heavy (non-hydrogen) atoms. The van der Waals surface area contributed by atoms with E-state index in [4.69, 9.17) is 0 Å². The topological polar surface area (TPSA) is 54.9 Å². The third-order valence-electron chi connectivity index (χ3n) is 2.05. The smallest absolute Gasteiger partial charge is 0.191 e. The molecular weight excluding hydrogens is 222 g/mol. The van der Waals surface area contributed by atoms with E-state index in [-0.39, 0.29) is 12.3 Å². The van der Waals surface area contributed by atoms with Crippen molar-refractivity contribution in [2.45, 2.75) is 6.92 Å². The minimum Gasteiger partial charge on any atom is -0.376 e. The summed E-state index contributed by atoms with van der Waals surface area (Å²) in [6.45, 7) is 2.27. The van der Waals surface area contributed by atoms with Gasteiger partial charge in [0, 0.05) is 4.88 Å². The molecule has 0 atom stereocenters. The van der Waals surface area contributed by atoms with Crippen LogP contribution in [0.2, 0.25) is 0 Å². The Morgan fingerprint density at radius 2 is 2.25 bits per heavy atom. The van der Waals surface area contributed by atoms with E-state index >= 15 is 0 Å². The molecule has 0 saturated carbocycles. The fraction of sp³-hybridized carbons (Fsp3) is 0.182. The summed E-state index contributed by atoms with van der Waals surface area (Å²) in [7, 11) is 0. The van der Waals surface area contributed by atoms with Gasteiger partial charge in [-0.05, 0) is 25.1 Å². The van der Waals surface area contributed by atoms with Gasteiger partial charge in [-0.2, -0.15) is 10.2 Å². The summed E-state index contributed by atoms with van der Waals surface area (Å²) in [6.07, 6.45) is 3.18. The molecule has 2 aromatic rings. The van der Waals surface area contributed by atoms with Crippen LogP contribution in [0.5, 0.6) is 0 Å². The number of carbonyl (C=O) groups is 1. The van der Waals surface area contributed by atoms with Crippen LogP contribution in [0, 0.1) is 6.92 Å². The van der Waals surface area contributed by atoms with Crippen molar-refractivity contribution in [3.63, 3.8) is 0 Å². The number of Topliss-reactive ketones (excluding diaryl/α,β-unsaturated/α-hetero) is 1. The lowest BCUT2D eigenvalue weighted by Crippen LogP contribution is -2.12. The van der Waals surface area contributed by atoms with Crippen LogP contribution < -0.4 is 5.32 Å². The number of rotatable bonds is 4. The first-order chi connectivity index (χ1) is 7.75. The van der Waals surface area contributed by atoms with E-state index in [0.717, 1.165) is 15.4 Å². The van der Waals surface area contributed by atoms with Crippen LogP contribution in [0.3, 0.4) is 0 Å². The monoisotopic (exact) mass is 233 g/mol. The van der Waals surface area contributed by atoms with Gasteiger partial charge >= 0.3 is 0 Å². The van der Waals surface area contributed by atoms with Gasteiger partial charge in [0.1, 0.15) is 0 Å². The van der Waals surface area contributed by atoms with Crippen molar-refractivity contribution in [2.75, 3.05) is 11.9 Å². The molecule has 0 fully saturated rings. The maximum atomic E-state index is 11.7. The van der Waals surface area contributed by atoms with Gasteiger partial charge in [-0.15, -0.1) is 11.3 Å². The normalized spacial score (nSPS) is 10.1. The largest absolute Gasteiger partial charge is 0.376 e. The van der Waals surface area contributed by atoms with Gasteiger partial charge in [-0.1, -0.05) is 0 Å². The lowest BCUT2D eigenvalue weighted by Gasteiger charge is -2.02. The third kappa shape index (κ3) is 2.64. The Bertz CT molecular complexity index is 481. The molecule has 0 radical (unpaired) electrons. The molecule has 0 saturated heterocycles. The number of thiophene rings is 1. The first-order valence-corrected chi connectivity index (χ1v) is 5.67. The van der Waals surface area contributed by atoms with Gasteiger partial charge in [-0.3, -0.25) is 4.79 Å². The summed E-state index contributed by atoms with van der Waals surface area (Å²) in [5, 5.41) is 10.4. The number of nitrogens with one attached hydrogen (secondary N) is 1. The Balaban J connectivity index is 1.94. The first-order valence-electron chi connectivity index (χ1n) is 4.86. The van der Waals surface area contributed by atoms with E-state index in [1.54, 1.807) is 18.5 Å². The van der Waals surface area contributed by atoms with E-state index < -0.39 is 0 Å². The van der Waals surface area contributed by atoms with Crippen LogP contribution in [-0.2, 0) is 0 Å². The van der Waals surface area contributed by atoms with E-state index in [0.29, 0.717) is 0 Å². The van der Waals surface area contributed by atoms with Gasteiger partial charge in [0.2, 0.25) is 0 Å². The quantitative estimate of drug-likeness (QED) is 0.822. The second-order valence-electron chi connectivity index (χ2n) is 3.32. The van der Waals surface area contributed by atoms with Gasteiger partial charge in [0.05, 0.1) is 29.5 Å². The molecule has 5 heteroatoms. The molecule has 0 amide bonds. The van der Waals surface area contributed by atoms with Crippen LogP contribution >= 0.6 is 11.3 Å². The summed E-state index contributed by atoms with van der Waals surface area (Å²) in [5.41, 5.74) is 0.802. The average molecular weight is 233 g/mol. The predicted octanol–water partition coefficient (Wildman–Crippen LogP) is 2.14. The van der Waals surface area contributed by atoms with Gasteiger partial charge in [-0.25, -0.2) is 0 Å². The van der Waals surface area contributed by atoms with Crippen molar-refractivity contribution in [3.8, 4) is 0 Å². The van der Waals surface area contributed by atoms with E-state index in [2.05, 4.69) is 15.5 Å². The Morgan fingerprint density at radius 3 is 2.88 bits per heavy atom. The molecular formula is C11H11N3OS. The number of carbonyl (C=O) groups excluding carboxylic acids is 1. The molecule has 2 rings (SSSR count). The summed E-state index contributed by atoms with van der Waals surface area (Å²) in [4.78, 5) is 13.7. The first kappa shape index (κ1) is 10.8. The number of hydrogen-bond donors (Lipinski definition) is 1. The van der Waals surface area contributed by atoms with Crippen molar-refractivity contribution in [2.24, 2.45) is 0 Å². The highest BCUT2D eigenvalue weighted by Gasteiger charge is 2.07. The van der Waals surface area contributed by atoms with E-state index in [9.17, 15) is 4.79 Å². The van der Waals surface area contributed by atoms with Crippen molar-refractivity contribution in [1.29, 1.82) is 0 Å². The van der Waals surface area contributed by atoms with E-state index in [1.165, 1.54) is 11.3 Å². The molecule has 0 unspecified atom stereocenters. The van der Waals surface area contributed by atoms with Crippen LogP contribution in [0.15, 0.2) is 30.6 Å². The maximum absolute atomic E-state index is 11.7. The lowest BCUT2D eigenvalue weighted by molar-refractivity contribution is 0.101. The lowest BCUT2D eigenvalue weighted by atomic mass is 10.3. The minimum absolute atomic E-state index is 0.0925. The standard InChI is InChI=1S/C11H11N3OS/c1-8-2-3-11(16-8)10(15)7-12-9-4-5-13-14-6-9/h2-6H,7H2,1H3,(H,12,13). The van der Waals surface area contributed by atoms with Crippen LogP contribution in [-0.4, -0.2) is 22.5 Å². The molecule has 0 aliphatic heterocycles. The Kier molecular flexibility index (Phi) is 3.26.